The van der Waals surface area contributed by atoms with Crippen LogP contribution < -0.4 is 30.5 Å². The number of pyridine rings is 1. The Hall–Kier alpha value is -7.17. The molecule has 5 N–H and O–H groups in total. The van der Waals surface area contributed by atoms with Gasteiger partial charge in [0.05, 0.1) is 28.0 Å². The monoisotopic (exact) mass is 987 g/mol. The van der Waals surface area contributed by atoms with Crippen LogP contribution in [0, 0.1) is 24.2 Å². The van der Waals surface area contributed by atoms with Crippen LogP contribution in [0.3, 0.4) is 0 Å². The van der Waals surface area contributed by atoms with E-state index in [1.807, 2.05) is 104 Å². The fraction of sp³-hybridized carbons (Fsp3) is 0.375. The minimum atomic E-state index is -1.11. The molecule has 3 fully saturated rings. The highest BCUT2D eigenvalue weighted by Gasteiger charge is 2.32. The lowest BCUT2D eigenvalue weighted by atomic mass is 9.84. The highest BCUT2D eigenvalue weighted by atomic mass is 32.1. The summed E-state index contributed by atoms with van der Waals surface area (Å²) in [5.74, 6) is -0.654. The zero-order valence-electron chi connectivity index (χ0n) is 40.8. The Bertz CT molecular complexity index is 3020. The van der Waals surface area contributed by atoms with Crippen LogP contribution in [0.1, 0.15) is 94.5 Å². The van der Waals surface area contributed by atoms with Crippen molar-refractivity contribution in [1.82, 2.24) is 20.2 Å². The molecule has 372 valence electrons. The number of thiazole rings is 1. The van der Waals surface area contributed by atoms with E-state index in [9.17, 15) is 24.3 Å². The van der Waals surface area contributed by atoms with E-state index in [1.165, 1.54) is 17.8 Å². The van der Waals surface area contributed by atoms with Crippen LogP contribution in [-0.2, 0) is 22.6 Å². The minimum absolute atomic E-state index is 0.0242. The smallest absolute Gasteiger partial charge is 0.355 e. The molecule has 1 aliphatic carbocycles. The number of nitrogens with zero attached hydrogens (tertiary/aromatic N) is 5. The number of imide groups is 1. The highest BCUT2D eigenvalue weighted by Crippen LogP contribution is 2.38. The molecule has 1 atom stereocenters. The number of hydrogen-bond acceptors (Lipinski definition) is 13. The van der Waals surface area contributed by atoms with E-state index in [4.69, 9.17) is 15.1 Å². The molecule has 5 heterocycles. The molecular weight excluding hydrogens is 927 g/mol. The molecule has 4 aliphatic rings. The second-order valence-electron chi connectivity index (χ2n) is 19.5. The first-order valence-corrected chi connectivity index (χ1v) is 26.1. The predicted molar refractivity (Wildman–Crippen MR) is 283 cm³/mol. The summed E-state index contributed by atoms with van der Waals surface area (Å²) in [6.07, 6.45) is 7.94. The van der Waals surface area contributed by atoms with Crippen molar-refractivity contribution in [2.45, 2.75) is 77.4 Å². The Morgan fingerprint density at radius 2 is 1.65 bits per heavy atom. The van der Waals surface area contributed by atoms with Gasteiger partial charge in [-0.25, -0.2) is 14.8 Å². The van der Waals surface area contributed by atoms with Gasteiger partial charge in [0.25, 0.3) is 5.91 Å². The fourth-order valence-electron chi connectivity index (χ4n) is 11.0. The van der Waals surface area contributed by atoms with E-state index >= 15 is 0 Å². The van der Waals surface area contributed by atoms with Gasteiger partial charge in [0.1, 0.15) is 11.6 Å². The molecule has 1 unspecified atom stereocenters. The number of benzene rings is 4. The quantitative estimate of drug-likeness (QED) is 0.0485. The lowest BCUT2D eigenvalue weighted by molar-refractivity contribution is -0.134. The second-order valence-corrected chi connectivity index (χ2v) is 20.5. The Morgan fingerprint density at radius 1 is 0.847 bits per heavy atom. The van der Waals surface area contributed by atoms with Crippen molar-refractivity contribution >= 4 is 73.3 Å². The van der Waals surface area contributed by atoms with Crippen molar-refractivity contribution < 1.29 is 29.0 Å². The number of ether oxygens (including phenoxy) is 1. The Labute approximate surface area is 423 Å². The van der Waals surface area contributed by atoms with Crippen LogP contribution in [0.5, 0.6) is 5.75 Å². The first-order valence-electron chi connectivity index (χ1n) is 25.2. The van der Waals surface area contributed by atoms with Crippen LogP contribution in [0.25, 0.3) is 21.3 Å². The van der Waals surface area contributed by atoms with Gasteiger partial charge in [0.15, 0.2) is 10.8 Å². The average molecular weight is 988 g/mol. The third kappa shape index (κ3) is 10.4. The molecule has 3 amide bonds. The van der Waals surface area contributed by atoms with Gasteiger partial charge in [-0.3, -0.25) is 29.9 Å². The van der Waals surface area contributed by atoms with Gasteiger partial charge in [0, 0.05) is 80.8 Å². The summed E-state index contributed by atoms with van der Waals surface area (Å²) in [5, 5.41) is 28.5. The molecule has 16 heteroatoms. The molecule has 0 radical (unpaired) electrons. The number of aromatic nitrogens is 2. The number of rotatable bonds is 15. The molecule has 0 spiro atoms. The van der Waals surface area contributed by atoms with Crippen LogP contribution in [0.4, 0.5) is 22.3 Å². The van der Waals surface area contributed by atoms with Crippen molar-refractivity contribution in [2.75, 3.05) is 66.7 Å². The van der Waals surface area contributed by atoms with E-state index in [0.29, 0.717) is 59.5 Å². The first-order chi connectivity index (χ1) is 35.0. The molecular formula is C56H61N9O6S. The van der Waals surface area contributed by atoms with Crippen molar-refractivity contribution in [3.05, 3.63) is 125 Å². The van der Waals surface area contributed by atoms with Crippen molar-refractivity contribution in [3.63, 3.8) is 0 Å². The molecule has 1 saturated carbocycles. The zero-order valence-corrected chi connectivity index (χ0v) is 41.7. The summed E-state index contributed by atoms with van der Waals surface area (Å²) in [7, 11) is 1.83. The maximum atomic E-state index is 13.7. The third-order valence-electron chi connectivity index (χ3n) is 15.1. The predicted octanol–water partition coefficient (Wildman–Crippen LogP) is 9.18. The molecule has 72 heavy (non-hydrogen) atoms. The first kappa shape index (κ1) is 48.5. The average Bonchev–Trinajstić information content (AvgIpc) is 3.81. The summed E-state index contributed by atoms with van der Waals surface area (Å²) in [6, 6.07) is 29.2. The van der Waals surface area contributed by atoms with Gasteiger partial charge in [-0.15, -0.1) is 0 Å². The van der Waals surface area contributed by atoms with Crippen LogP contribution in [-0.4, -0.2) is 102 Å². The lowest BCUT2D eigenvalue weighted by Crippen LogP contribution is -2.46. The Morgan fingerprint density at radius 3 is 2.43 bits per heavy atom. The third-order valence-corrected chi connectivity index (χ3v) is 16.0. The van der Waals surface area contributed by atoms with Crippen LogP contribution in [0.2, 0.25) is 0 Å². The number of aromatic carboxylic acids is 1. The van der Waals surface area contributed by atoms with E-state index in [1.54, 1.807) is 0 Å². The lowest BCUT2D eigenvalue weighted by Gasteiger charge is -2.37. The summed E-state index contributed by atoms with van der Waals surface area (Å²) in [4.78, 5) is 67.0. The molecule has 2 saturated heterocycles. The number of carboxylic acid groups (broad SMARTS) is 1. The number of carbonyl (C=O) groups is 4. The van der Waals surface area contributed by atoms with Gasteiger partial charge in [-0.2, -0.15) is 0 Å². The van der Waals surface area contributed by atoms with Gasteiger partial charge in [-0.1, -0.05) is 47.7 Å². The molecule has 6 aromatic rings. The van der Waals surface area contributed by atoms with Crippen molar-refractivity contribution in [3.8, 4) is 16.9 Å². The van der Waals surface area contributed by atoms with E-state index in [2.05, 4.69) is 36.8 Å². The van der Waals surface area contributed by atoms with E-state index in [-0.39, 0.29) is 35.7 Å². The number of carboxylic acids is 1. The van der Waals surface area contributed by atoms with Crippen molar-refractivity contribution in [1.29, 1.82) is 5.41 Å². The van der Waals surface area contributed by atoms with Gasteiger partial charge >= 0.3 is 5.97 Å². The normalized spacial score (nSPS) is 19.4. The Kier molecular flexibility index (Phi) is 14.3. The summed E-state index contributed by atoms with van der Waals surface area (Å²) in [5.41, 5.74) is 8.39. The van der Waals surface area contributed by atoms with Crippen LogP contribution >= 0.6 is 11.3 Å². The molecule has 10 rings (SSSR count). The minimum Gasteiger partial charge on any atom is -0.490 e. The number of para-hydroxylation sites is 1. The summed E-state index contributed by atoms with van der Waals surface area (Å²) in [6.45, 7) is 7.92. The molecule has 15 nitrogen and oxygen atoms in total. The van der Waals surface area contributed by atoms with Gasteiger partial charge in [-0.05, 0) is 148 Å². The maximum Gasteiger partial charge on any atom is 0.355 e. The fourth-order valence-corrected chi connectivity index (χ4v) is 11.9. The number of carbonyl (C=O) groups excluding carboxylic acids is 3. The SMILES string of the molecule is CNc1cc(N2CCN(CCCC3CCC(Oc4cccc(-c5ccc(N6CCc7cccc(C(=O)Nc8nc9ccccc9s8)c7C6)nc5C(=O)O)c4C)CC3)CC2)ccc1C(=N)C1CCC(=O)NC1=O. The number of fused-ring (bicyclic) bond motifs is 2. The Balaban J connectivity index is 0.703. The number of amides is 3. The molecule has 3 aliphatic heterocycles. The van der Waals surface area contributed by atoms with E-state index < -0.39 is 17.8 Å². The molecule has 0 bridgehead atoms. The van der Waals surface area contributed by atoms with E-state index in [0.717, 1.165) is 114 Å². The van der Waals surface area contributed by atoms with Crippen molar-refractivity contribution in [2.24, 2.45) is 11.8 Å². The largest absolute Gasteiger partial charge is 0.490 e. The second kappa shape index (κ2) is 21.3. The maximum absolute atomic E-state index is 13.7. The standard InChI is InChI=1S/C56H61N9O6S/c1-34-39(40-21-23-49(60-52(40)55(69)70)65-27-25-36-9-5-11-41(44(36)33-65)53(67)62-56-59-45-12-3-4-14-48(45)72-56)10-6-13-47(34)71-38-18-15-35(16-19-38)8-7-26-63-28-30-64(31-29-63)37-17-20-42(46(32-37)58-2)51(57)43-22-24-50(66)61-54(43)68/h3-6,9-14,17,20-21,23,32,35,38,43,57-58H,7-8,15-16,18-19,22,24-31,33H2,1-2H3,(H,69,70)(H,59,62,67)(H,61,66,68). The number of nitrogens with one attached hydrogen (secondary N) is 4. The highest BCUT2D eigenvalue weighted by molar-refractivity contribution is 7.22. The molecule has 2 aromatic heterocycles. The molecule has 4 aromatic carbocycles. The number of piperazine rings is 1. The number of piperidine rings is 1. The summed E-state index contributed by atoms with van der Waals surface area (Å²) < 4.78 is 7.68. The van der Waals surface area contributed by atoms with Crippen LogP contribution in [0.15, 0.2) is 91.0 Å². The van der Waals surface area contributed by atoms with Gasteiger partial charge in [0.2, 0.25) is 11.8 Å². The number of hydrogen-bond donors (Lipinski definition) is 5. The summed E-state index contributed by atoms with van der Waals surface area (Å²) >= 11 is 1.44. The number of anilines is 4. The van der Waals surface area contributed by atoms with Gasteiger partial charge < -0.3 is 30.4 Å². The zero-order chi connectivity index (χ0) is 49.9. The topological polar surface area (TPSA) is 193 Å².